The third-order valence-corrected chi connectivity index (χ3v) is 4.36. The van der Waals surface area contributed by atoms with Crippen molar-refractivity contribution >= 4 is 27.3 Å². The van der Waals surface area contributed by atoms with Crippen LogP contribution in [0.4, 0.5) is 0 Å². The van der Waals surface area contributed by atoms with E-state index in [2.05, 4.69) is 27.8 Å². The van der Waals surface area contributed by atoms with Crippen LogP contribution in [0.15, 0.2) is 34.2 Å². The number of hydrogen-bond acceptors (Lipinski definition) is 3. The molecular weight excluding hydrogens is 298 g/mol. The van der Waals surface area contributed by atoms with Crippen LogP contribution in [-0.4, -0.2) is 10.1 Å². The van der Waals surface area contributed by atoms with Crippen LogP contribution in [0.3, 0.4) is 0 Å². The largest absolute Gasteiger partial charge is 0.386 e. The predicted molar refractivity (Wildman–Crippen MR) is 74.3 cm³/mol. The second kappa shape index (κ2) is 5.76. The zero-order valence-corrected chi connectivity index (χ0v) is 12.0. The number of rotatable bonds is 4. The van der Waals surface area contributed by atoms with Crippen LogP contribution in [-0.2, 0) is 12.8 Å². The number of aliphatic hydroxyl groups excluding tert-OH is 1. The van der Waals surface area contributed by atoms with Crippen molar-refractivity contribution in [2.45, 2.75) is 25.9 Å². The van der Waals surface area contributed by atoms with E-state index in [0.717, 1.165) is 27.0 Å². The highest BCUT2D eigenvalue weighted by Crippen LogP contribution is 2.26. The molecule has 0 aliphatic heterocycles. The summed E-state index contributed by atoms with van der Waals surface area (Å²) >= 11 is 5.07. The number of aryl methyl sites for hydroxylation is 1. The first kappa shape index (κ1) is 12.7. The average molecular weight is 312 g/mol. The van der Waals surface area contributed by atoms with E-state index in [-0.39, 0.29) is 0 Å². The van der Waals surface area contributed by atoms with E-state index in [0.29, 0.717) is 6.42 Å². The molecular formula is C13H14BrNOS. The Labute approximate surface area is 113 Å². The Balaban J connectivity index is 2.16. The van der Waals surface area contributed by atoms with Gasteiger partial charge < -0.3 is 5.11 Å². The number of aliphatic hydroxyl groups is 1. The van der Waals surface area contributed by atoms with Gasteiger partial charge in [-0.05, 0) is 40.0 Å². The van der Waals surface area contributed by atoms with Gasteiger partial charge in [-0.2, -0.15) is 0 Å². The normalized spacial score (nSPS) is 12.6. The molecule has 0 amide bonds. The van der Waals surface area contributed by atoms with Crippen molar-refractivity contribution in [2.24, 2.45) is 0 Å². The van der Waals surface area contributed by atoms with Crippen LogP contribution < -0.4 is 0 Å². The molecule has 0 aromatic carbocycles. The Hall–Kier alpha value is -0.710. The maximum atomic E-state index is 10.2. The summed E-state index contributed by atoms with van der Waals surface area (Å²) < 4.78 is 1.07. The highest BCUT2D eigenvalue weighted by atomic mass is 79.9. The Morgan fingerprint density at radius 1 is 1.53 bits per heavy atom. The average Bonchev–Trinajstić information content (AvgIpc) is 2.74. The molecule has 2 nitrogen and oxygen atoms in total. The molecule has 1 atom stereocenters. The number of pyridine rings is 1. The van der Waals surface area contributed by atoms with Crippen LogP contribution in [0.5, 0.6) is 0 Å². The van der Waals surface area contributed by atoms with Crippen molar-refractivity contribution in [3.63, 3.8) is 0 Å². The summed E-state index contributed by atoms with van der Waals surface area (Å²) in [7, 11) is 0. The molecule has 2 rings (SSSR count). The van der Waals surface area contributed by atoms with Crippen LogP contribution in [0.25, 0.3) is 0 Å². The maximum absolute atomic E-state index is 10.2. The van der Waals surface area contributed by atoms with Crippen molar-refractivity contribution < 1.29 is 5.11 Å². The van der Waals surface area contributed by atoms with Crippen molar-refractivity contribution in [3.8, 4) is 0 Å². The van der Waals surface area contributed by atoms with E-state index in [1.807, 2.05) is 23.6 Å². The minimum atomic E-state index is -0.517. The van der Waals surface area contributed by atoms with Crippen LogP contribution >= 0.6 is 27.3 Å². The fourth-order valence-electron chi connectivity index (χ4n) is 1.80. The van der Waals surface area contributed by atoms with Gasteiger partial charge >= 0.3 is 0 Å². The second-order valence-electron chi connectivity index (χ2n) is 3.85. The molecule has 0 spiro atoms. The van der Waals surface area contributed by atoms with Gasteiger partial charge in [0.15, 0.2) is 0 Å². The lowest BCUT2D eigenvalue weighted by Crippen LogP contribution is -2.06. The summed E-state index contributed by atoms with van der Waals surface area (Å²) in [5.41, 5.74) is 1.93. The number of halogens is 1. The SMILES string of the molecule is CCc1cccnc1C(O)Cc1cc(Br)cs1. The van der Waals surface area contributed by atoms with Crippen LogP contribution in [0.1, 0.15) is 29.2 Å². The van der Waals surface area contributed by atoms with Gasteiger partial charge in [-0.3, -0.25) is 4.98 Å². The van der Waals surface area contributed by atoms with Gasteiger partial charge in [0.1, 0.15) is 6.10 Å². The molecule has 90 valence electrons. The lowest BCUT2D eigenvalue weighted by atomic mass is 10.0. The van der Waals surface area contributed by atoms with E-state index in [4.69, 9.17) is 0 Å². The van der Waals surface area contributed by atoms with Gasteiger partial charge in [-0.15, -0.1) is 11.3 Å². The summed E-state index contributed by atoms with van der Waals surface area (Å²) in [6.45, 7) is 2.08. The molecule has 0 aliphatic carbocycles. The number of thiophene rings is 1. The summed E-state index contributed by atoms with van der Waals surface area (Å²) in [5.74, 6) is 0. The maximum Gasteiger partial charge on any atom is 0.101 e. The van der Waals surface area contributed by atoms with E-state index < -0.39 is 6.10 Å². The van der Waals surface area contributed by atoms with Gasteiger partial charge in [0.25, 0.3) is 0 Å². The number of hydrogen-bond donors (Lipinski definition) is 1. The summed E-state index contributed by atoms with van der Waals surface area (Å²) in [6.07, 6.45) is 2.74. The smallest absolute Gasteiger partial charge is 0.101 e. The first-order valence-electron chi connectivity index (χ1n) is 5.55. The highest BCUT2D eigenvalue weighted by molar-refractivity contribution is 9.10. The van der Waals surface area contributed by atoms with E-state index in [1.165, 1.54) is 0 Å². The zero-order valence-electron chi connectivity index (χ0n) is 9.56. The third kappa shape index (κ3) is 3.15. The van der Waals surface area contributed by atoms with E-state index in [9.17, 15) is 5.11 Å². The summed E-state index contributed by atoms with van der Waals surface area (Å²) in [4.78, 5) is 5.46. The Morgan fingerprint density at radius 3 is 3.00 bits per heavy atom. The molecule has 17 heavy (non-hydrogen) atoms. The van der Waals surface area contributed by atoms with Gasteiger partial charge in [-0.25, -0.2) is 0 Å². The van der Waals surface area contributed by atoms with E-state index >= 15 is 0 Å². The molecule has 2 heterocycles. The lowest BCUT2D eigenvalue weighted by Gasteiger charge is -2.12. The minimum Gasteiger partial charge on any atom is -0.386 e. The molecule has 0 aliphatic rings. The predicted octanol–water partition coefficient (Wildman–Crippen LogP) is 3.74. The lowest BCUT2D eigenvalue weighted by molar-refractivity contribution is 0.173. The van der Waals surface area contributed by atoms with Crippen molar-refractivity contribution in [1.29, 1.82) is 0 Å². The molecule has 0 radical (unpaired) electrons. The van der Waals surface area contributed by atoms with Crippen LogP contribution in [0, 0.1) is 0 Å². The molecule has 0 fully saturated rings. The molecule has 4 heteroatoms. The zero-order chi connectivity index (χ0) is 12.3. The molecule has 1 N–H and O–H groups in total. The molecule has 0 bridgehead atoms. The van der Waals surface area contributed by atoms with Crippen molar-refractivity contribution in [1.82, 2.24) is 4.98 Å². The Bertz CT molecular complexity index is 498. The minimum absolute atomic E-state index is 0.517. The van der Waals surface area contributed by atoms with Gasteiger partial charge in [0.2, 0.25) is 0 Å². The van der Waals surface area contributed by atoms with Gasteiger partial charge in [0.05, 0.1) is 5.69 Å². The van der Waals surface area contributed by atoms with Gasteiger partial charge in [0, 0.05) is 27.3 Å². The Morgan fingerprint density at radius 2 is 2.35 bits per heavy atom. The number of aromatic nitrogens is 1. The second-order valence-corrected chi connectivity index (χ2v) is 5.76. The number of nitrogens with zero attached hydrogens (tertiary/aromatic N) is 1. The highest BCUT2D eigenvalue weighted by Gasteiger charge is 2.14. The van der Waals surface area contributed by atoms with E-state index in [1.54, 1.807) is 17.5 Å². The summed E-state index contributed by atoms with van der Waals surface area (Å²) in [5, 5.41) is 12.3. The standard InChI is InChI=1S/C13H14BrNOS/c1-2-9-4-3-5-15-13(9)12(16)7-11-6-10(14)8-17-11/h3-6,8,12,16H,2,7H2,1H3. The quantitative estimate of drug-likeness (QED) is 0.933. The first-order valence-corrected chi connectivity index (χ1v) is 7.22. The third-order valence-electron chi connectivity index (χ3n) is 2.64. The van der Waals surface area contributed by atoms with Gasteiger partial charge in [-0.1, -0.05) is 13.0 Å². The first-order chi connectivity index (χ1) is 8.20. The molecule has 2 aromatic rings. The Kier molecular flexibility index (Phi) is 4.31. The molecule has 0 saturated heterocycles. The van der Waals surface area contributed by atoms with Crippen LogP contribution in [0.2, 0.25) is 0 Å². The fourth-order valence-corrected chi connectivity index (χ4v) is 3.29. The molecule has 0 saturated carbocycles. The van der Waals surface area contributed by atoms with Crippen molar-refractivity contribution in [2.75, 3.05) is 0 Å². The monoisotopic (exact) mass is 311 g/mol. The topological polar surface area (TPSA) is 33.1 Å². The van der Waals surface area contributed by atoms with Crippen molar-refractivity contribution in [3.05, 3.63) is 50.4 Å². The molecule has 2 aromatic heterocycles. The summed E-state index contributed by atoms with van der Waals surface area (Å²) in [6, 6.07) is 5.98. The molecule has 1 unspecified atom stereocenters. The fraction of sp³-hybridized carbons (Fsp3) is 0.308.